The fourth-order valence-electron chi connectivity index (χ4n) is 1.95. The molecule has 0 aromatic carbocycles. The Morgan fingerprint density at radius 1 is 1.50 bits per heavy atom. The molecule has 1 aromatic rings. The molecule has 0 amide bonds. The van der Waals surface area contributed by atoms with Crippen molar-refractivity contribution in [3.05, 3.63) is 11.1 Å². The Morgan fingerprint density at radius 2 is 2.25 bits per heavy atom. The molecule has 2 aliphatic rings. The first-order chi connectivity index (χ1) is 7.74. The van der Waals surface area contributed by atoms with Gasteiger partial charge in [-0.3, -0.25) is 0 Å². The first-order valence-electron chi connectivity index (χ1n) is 6.14. The predicted molar refractivity (Wildman–Crippen MR) is 65.8 cm³/mol. The van der Waals surface area contributed by atoms with Crippen LogP contribution in [0.1, 0.15) is 44.4 Å². The summed E-state index contributed by atoms with van der Waals surface area (Å²) in [4.78, 5) is 7.01. The third kappa shape index (κ3) is 2.23. The lowest BCUT2D eigenvalue weighted by Gasteiger charge is -2.21. The Balaban J connectivity index is 1.75. The van der Waals surface area contributed by atoms with Crippen molar-refractivity contribution in [1.29, 1.82) is 0 Å². The van der Waals surface area contributed by atoms with Crippen LogP contribution in [-0.4, -0.2) is 22.7 Å². The fraction of sp³-hybridized carbons (Fsp3) is 0.750. The van der Waals surface area contributed by atoms with Crippen molar-refractivity contribution in [3.8, 4) is 0 Å². The molecule has 0 bridgehead atoms. The number of thiazole rings is 1. The Morgan fingerprint density at radius 3 is 2.75 bits per heavy atom. The first kappa shape index (κ1) is 10.5. The van der Waals surface area contributed by atoms with E-state index in [-0.39, 0.29) is 0 Å². The number of hydrogen-bond donors (Lipinski definition) is 1. The number of aliphatic hydroxyl groups is 1. The molecule has 3 nitrogen and oxygen atoms in total. The summed E-state index contributed by atoms with van der Waals surface area (Å²) in [5.41, 5.74) is 0.821. The highest BCUT2D eigenvalue weighted by molar-refractivity contribution is 7.13. The molecule has 1 aromatic heterocycles. The minimum absolute atomic E-state index is 0.438. The van der Waals surface area contributed by atoms with E-state index in [0.29, 0.717) is 0 Å². The van der Waals surface area contributed by atoms with Crippen molar-refractivity contribution in [1.82, 2.24) is 4.98 Å². The van der Waals surface area contributed by atoms with E-state index in [4.69, 9.17) is 0 Å². The predicted octanol–water partition coefficient (Wildman–Crippen LogP) is 2.58. The van der Waals surface area contributed by atoms with Crippen LogP contribution in [0.5, 0.6) is 0 Å². The summed E-state index contributed by atoms with van der Waals surface area (Å²) in [6, 6.07) is 0.730. The number of aromatic nitrogens is 1. The standard InChI is InChI=1S/C12H18N2OS/c1-8(15)11-7-16-12(13-11)14(10-4-5-10)6-9-2-3-9/h7-10,15H,2-6H2,1H3. The maximum atomic E-state index is 9.49. The number of anilines is 1. The third-order valence-corrected chi connectivity index (χ3v) is 4.22. The number of nitrogens with zero attached hydrogens (tertiary/aromatic N) is 2. The molecule has 2 saturated carbocycles. The van der Waals surface area contributed by atoms with Gasteiger partial charge in [-0.1, -0.05) is 0 Å². The molecule has 3 rings (SSSR count). The molecule has 2 fully saturated rings. The second-order valence-electron chi connectivity index (χ2n) is 5.06. The van der Waals surface area contributed by atoms with Gasteiger partial charge in [-0.15, -0.1) is 11.3 Å². The Kier molecular flexibility index (Phi) is 2.64. The van der Waals surface area contributed by atoms with Crippen LogP contribution in [-0.2, 0) is 0 Å². The van der Waals surface area contributed by atoms with Crippen LogP contribution in [0, 0.1) is 5.92 Å². The van der Waals surface area contributed by atoms with Gasteiger partial charge >= 0.3 is 0 Å². The third-order valence-electron chi connectivity index (χ3n) is 3.32. The SMILES string of the molecule is CC(O)c1csc(N(CC2CC2)C2CC2)n1. The van der Waals surface area contributed by atoms with Crippen molar-refractivity contribution in [2.75, 3.05) is 11.4 Å². The molecule has 1 heterocycles. The minimum atomic E-state index is -0.438. The normalized spacial score (nSPS) is 22.1. The summed E-state index contributed by atoms with van der Waals surface area (Å²) in [6.07, 6.45) is 4.97. The average molecular weight is 238 g/mol. The number of hydrogen-bond acceptors (Lipinski definition) is 4. The molecular weight excluding hydrogens is 220 g/mol. The molecule has 0 radical (unpaired) electrons. The molecule has 0 aliphatic heterocycles. The lowest BCUT2D eigenvalue weighted by molar-refractivity contribution is 0.195. The fourth-order valence-corrected chi connectivity index (χ4v) is 2.94. The highest BCUT2D eigenvalue weighted by Crippen LogP contribution is 2.39. The molecule has 0 spiro atoms. The summed E-state index contributed by atoms with van der Waals surface area (Å²) >= 11 is 1.68. The van der Waals surface area contributed by atoms with Crippen LogP contribution < -0.4 is 4.90 Å². The van der Waals surface area contributed by atoms with Crippen molar-refractivity contribution >= 4 is 16.5 Å². The van der Waals surface area contributed by atoms with Gasteiger partial charge in [-0.05, 0) is 38.5 Å². The highest BCUT2D eigenvalue weighted by Gasteiger charge is 2.35. The molecular formula is C12H18N2OS. The maximum absolute atomic E-state index is 9.49. The largest absolute Gasteiger partial charge is 0.387 e. The van der Waals surface area contributed by atoms with Crippen molar-refractivity contribution < 1.29 is 5.11 Å². The zero-order valence-corrected chi connectivity index (χ0v) is 10.4. The molecule has 0 saturated heterocycles. The van der Waals surface area contributed by atoms with Gasteiger partial charge in [0.25, 0.3) is 0 Å². The van der Waals surface area contributed by atoms with E-state index >= 15 is 0 Å². The second-order valence-corrected chi connectivity index (χ2v) is 5.89. The Bertz CT molecular complexity index is 369. The summed E-state index contributed by atoms with van der Waals surface area (Å²) < 4.78 is 0. The Hall–Kier alpha value is -0.610. The minimum Gasteiger partial charge on any atom is -0.387 e. The summed E-state index contributed by atoms with van der Waals surface area (Å²) in [7, 11) is 0. The summed E-state index contributed by atoms with van der Waals surface area (Å²) in [6.45, 7) is 2.96. The van der Waals surface area contributed by atoms with Crippen LogP contribution in [0.3, 0.4) is 0 Å². The van der Waals surface area contributed by atoms with E-state index in [1.807, 2.05) is 5.38 Å². The molecule has 1 unspecified atom stereocenters. The second kappa shape index (κ2) is 4.00. The molecule has 1 atom stereocenters. The van der Waals surface area contributed by atoms with Crippen LogP contribution >= 0.6 is 11.3 Å². The molecule has 1 N–H and O–H groups in total. The molecule has 2 aliphatic carbocycles. The van der Waals surface area contributed by atoms with Gasteiger partial charge in [-0.25, -0.2) is 4.98 Å². The van der Waals surface area contributed by atoms with Gasteiger partial charge in [0.1, 0.15) is 0 Å². The molecule has 4 heteroatoms. The van der Waals surface area contributed by atoms with Gasteiger partial charge in [0.2, 0.25) is 0 Å². The van der Waals surface area contributed by atoms with Crippen molar-refractivity contribution in [3.63, 3.8) is 0 Å². The van der Waals surface area contributed by atoms with E-state index < -0.39 is 6.10 Å². The van der Waals surface area contributed by atoms with Crippen LogP contribution in [0.15, 0.2) is 5.38 Å². The lowest BCUT2D eigenvalue weighted by Crippen LogP contribution is -2.27. The van der Waals surface area contributed by atoms with Crippen molar-refractivity contribution in [2.45, 2.75) is 44.8 Å². The maximum Gasteiger partial charge on any atom is 0.185 e. The zero-order chi connectivity index (χ0) is 11.1. The Labute approximate surface area is 100 Å². The van der Waals surface area contributed by atoms with E-state index in [0.717, 1.165) is 22.8 Å². The molecule has 88 valence electrons. The first-order valence-corrected chi connectivity index (χ1v) is 7.02. The average Bonchev–Trinajstić information content (AvgIpc) is 3.14. The summed E-state index contributed by atoms with van der Waals surface area (Å²) in [5.74, 6) is 0.902. The van der Waals surface area contributed by atoms with Gasteiger partial charge in [0.05, 0.1) is 11.8 Å². The highest BCUT2D eigenvalue weighted by atomic mass is 32.1. The van der Waals surface area contributed by atoms with Crippen LogP contribution in [0.25, 0.3) is 0 Å². The van der Waals surface area contributed by atoms with Crippen LogP contribution in [0.4, 0.5) is 5.13 Å². The molecule has 16 heavy (non-hydrogen) atoms. The lowest BCUT2D eigenvalue weighted by atomic mass is 10.3. The van der Waals surface area contributed by atoms with Crippen LogP contribution in [0.2, 0.25) is 0 Å². The van der Waals surface area contributed by atoms with Gasteiger partial charge in [0.15, 0.2) is 5.13 Å². The van der Waals surface area contributed by atoms with E-state index in [1.165, 1.54) is 32.2 Å². The van der Waals surface area contributed by atoms with Gasteiger partial charge < -0.3 is 10.0 Å². The quantitative estimate of drug-likeness (QED) is 0.856. The number of aliphatic hydroxyl groups excluding tert-OH is 1. The van der Waals surface area contributed by atoms with Crippen molar-refractivity contribution in [2.24, 2.45) is 5.92 Å². The van der Waals surface area contributed by atoms with E-state index in [2.05, 4.69) is 9.88 Å². The topological polar surface area (TPSA) is 36.4 Å². The van der Waals surface area contributed by atoms with E-state index in [9.17, 15) is 5.11 Å². The van der Waals surface area contributed by atoms with Gasteiger partial charge in [-0.2, -0.15) is 0 Å². The number of rotatable bonds is 5. The monoisotopic (exact) mass is 238 g/mol. The van der Waals surface area contributed by atoms with Gasteiger partial charge in [0, 0.05) is 18.0 Å². The zero-order valence-electron chi connectivity index (χ0n) is 9.59. The smallest absolute Gasteiger partial charge is 0.185 e. The summed E-state index contributed by atoms with van der Waals surface area (Å²) in [5, 5.41) is 12.6. The van der Waals surface area contributed by atoms with E-state index in [1.54, 1.807) is 18.3 Å².